The van der Waals surface area contributed by atoms with Crippen molar-refractivity contribution in [1.82, 2.24) is 4.90 Å². The minimum atomic E-state index is -0.329. The van der Waals surface area contributed by atoms with Gasteiger partial charge in [-0.1, -0.05) is 30.3 Å². The van der Waals surface area contributed by atoms with Crippen LogP contribution in [0.3, 0.4) is 0 Å². The minimum Gasteiger partial charge on any atom is -0.497 e. The number of hydrogen-bond donors (Lipinski definition) is 0. The topological polar surface area (TPSA) is 38.8 Å². The highest BCUT2D eigenvalue weighted by Gasteiger charge is 2.38. The molecule has 4 nitrogen and oxygen atoms in total. The van der Waals surface area contributed by atoms with Crippen molar-refractivity contribution >= 4 is 5.91 Å². The molecule has 0 spiro atoms. The van der Waals surface area contributed by atoms with Crippen LogP contribution < -0.4 is 4.74 Å². The molecule has 1 aliphatic rings. The molecular formula is C21H25NO3. The van der Waals surface area contributed by atoms with Crippen LogP contribution in [0.4, 0.5) is 0 Å². The molecule has 0 N–H and O–H groups in total. The maximum absolute atomic E-state index is 13.0. The second kappa shape index (κ2) is 7.28. The molecule has 0 radical (unpaired) electrons. The van der Waals surface area contributed by atoms with Gasteiger partial charge in [0, 0.05) is 18.5 Å². The van der Waals surface area contributed by atoms with Gasteiger partial charge in [-0.15, -0.1) is 0 Å². The summed E-state index contributed by atoms with van der Waals surface area (Å²) in [5.74, 6) is 0.786. The summed E-state index contributed by atoms with van der Waals surface area (Å²) >= 11 is 0. The van der Waals surface area contributed by atoms with E-state index in [9.17, 15) is 4.79 Å². The Bertz CT molecular complexity index is 710. The third-order valence-corrected chi connectivity index (χ3v) is 4.68. The van der Waals surface area contributed by atoms with Crippen molar-refractivity contribution in [2.75, 3.05) is 20.3 Å². The molecule has 1 heterocycles. The van der Waals surface area contributed by atoms with Crippen molar-refractivity contribution in [3.05, 3.63) is 65.7 Å². The Balaban J connectivity index is 1.75. The molecule has 1 atom stereocenters. The van der Waals surface area contributed by atoms with Gasteiger partial charge in [-0.25, -0.2) is 0 Å². The molecule has 1 saturated heterocycles. The predicted molar refractivity (Wildman–Crippen MR) is 98.0 cm³/mol. The average molecular weight is 339 g/mol. The number of carbonyl (C=O) groups excluding carboxylic acids is 1. The fourth-order valence-corrected chi connectivity index (χ4v) is 3.15. The molecule has 0 saturated carbocycles. The largest absolute Gasteiger partial charge is 0.497 e. The zero-order valence-electron chi connectivity index (χ0n) is 15.1. The van der Waals surface area contributed by atoms with E-state index < -0.39 is 0 Å². The van der Waals surface area contributed by atoms with E-state index in [1.54, 1.807) is 7.11 Å². The quantitative estimate of drug-likeness (QED) is 0.855. The van der Waals surface area contributed by atoms with Gasteiger partial charge in [0.05, 0.1) is 25.4 Å². The van der Waals surface area contributed by atoms with Gasteiger partial charge in [0.1, 0.15) is 5.75 Å². The highest BCUT2D eigenvalue weighted by molar-refractivity contribution is 5.95. The van der Waals surface area contributed by atoms with Crippen molar-refractivity contribution in [3.63, 3.8) is 0 Å². The van der Waals surface area contributed by atoms with Crippen molar-refractivity contribution in [1.29, 1.82) is 0 Å². The van der Waals surface area contributed by atoms with Crippen molar-refractivity contribution in [3.8, 4) is 5.75 Å². The lowest BCUT2D eigenvalue weighted by molar-refractivity contribution is -0.0821. The van der Waals surface area contributed by atoms with Gasteiger partial charge in [-0.2, -0.15) is 0 Å². The molecule has 0 aliphatic carbocycles. The predicted octanol–water partition coefficient (Wildman–Crippen LogP) is 3.56. The molecule has 0 aromatic heterocycles. The van der Waals surface area contributed by atoms with Crippen molar-refractivity contribution < 1.29 is 14.3 Å². The zero-order valence-corrected chi connectivity index (χ0v) is 15.1. The SMILES string of the molecule is COc1ccc(C(=O)N2CC(Cc3ccccc3)OCC2(C)C)cc1. The Morgan fingerprint density at radius 1 is 1.16 bits per heavy atom. The van der Waals surface area contributed by atoms with Gasteiger partial charge >= 0.3 is 0 Å². The standard InChI is InChI=1S/C21H25NO3/c1-21(2)15-25-19(13-16-7-5-4-6-8-16)14-22(21)20(23)17-9-11-18(24-3)12-10-17/h4-12,19H,13-15H2,1-3H3. The number of amides is 1. The average Bonchev–Trinajstić information content (AvgIpc) is 2.63. The van der Waals surface area contributed by atoms with Crippen LogP contribution in [-0.2, 0) is 11.2 Å². The third-order valence-electron chi connectivity index (χ3n) is 4.68. The summed E-state index contributed by atoms with van der Waals surface area (Å²) in [6.07, 6.45) is 0.821. The van der Waals surface area contributed by atoms with Crippen LogP contribution in [0.1, 0.15) is 29.8 Å². The maximum Gasteiger partial charge on any atom is 0.254 e. The smallest absolute Gasteiger partial charge is 0.254 e. The number of morpholine rings is 1. The first-order chi connectivity index (χ1) is 12.0. The normalized spacial score (nSPS) is 19.5. The van der Waals surface area contributed by atoms with Crippen LogP contribution in [0.5, 0.6) is 5.75 Å². The van der Waals surface area contributed by atoms with Crippen LogP contribution in [-0.4, -0.2) is 42.7 Å². The first-order valence-electron chi connectivity index (χ1n) is 8.61. The summed E-state index contributed by atoms with van der Waals surface area (Å²) in [5.41, 5.74) is 1.57. The number of ether oxygens (including phenoxy) is 2. The molecule has 25 heavy (non-hydrogen) atoms. The summed E-state index contributed by atoms with van der Waals surface area (Å²) in [6.45, 7) is 5.22. The lowest BCUT2D eigenvalue weighted by Gasteiger charge is -2.45. The van der Waals surface area contributed by atoms with Gasteiger partial charge in [0.25, 0.3) is 5.91 Å². The molecule has 1 unspecified atom stereocenters. The number of nitrogens with zero attached hydrogens (tertiary/aromatic N) is 1. The molecule has 1 fully saturated rings. The van der Waals surface area contributed by atoms with Gasteiger partial charge < -0.3 is 14.4 Å². The summed E-state index contributed by atoms with van der Waals surface area (Å²) in [7, 11) is 1.62. The fourth-order valence-electron chi connectivity index (χ4n) is 3.15. The number of carbonyl (C=O) groups is 1. The van der Waals surface area contributed by atoms with Crippen LogP contribution in [0.15, 0.2) is 54.6 Å². The minimum absolute atomic E-state index is 0.0117. The van der Waals surface area contributed by atoms with E-state index >= 15 is 0 Å². The van der Waals surface area contributed by atoms with Gasteiger partial charge in [-0.3, -0.25) is 4.79 Å². The molecule has 3 rings (SSSR count). The van der Waals surface area contributed by atoms with Crippen LogP contribution in [0.2, 0.25) is 0 Å². The van der Waals surface area contributed by atoms with Crippen molar-refractivity contribution in [2.45, 2.75) is 31.9 Å². The molecule has 0 bridgehead atoms. The Morgan fingerprint density at radius 3 is 2.48 bits per heavy atom. The van der Waals surface area contributed by atoms with E-state index in [-0.39, 0.29) is 17.6 Å². The van der Waals surface area contributed by atoms with E-state index in [0.29, 0.717) is 18.7 Å². The number of benzene rings is 2. The van der Waals surface area contributed by atoms with Crippen LogP contribution in [0, 0.1) is 0 Å². The lowest BCUT2D eigenvalue weighted by Crippen LogP contribution is -2.58. The second-order valence-electron chi connectivity index (χ2n) is 7.08. The first-order valence-corrected chi connectivity index (χ1v) is 8.61. The number of methoxy groups -OCH3 is 1. The molecule has 2 aromatic carbocycles. The zero-order chi connectivity index (χ0) is 17.9. The number of hydrogen-bond acceptors (Lipinski definition) is 3. The number of rotatable bonds is 4. The Kier molecular flexibility index (Phi) is 5.09. The molecule has 1 amide bonds. The molecule has 4 heteroatoms. The second-order valence-corrected chi connectivity index (χ2v) is 7.08. The van der Waals surface area contributed by atoms with E-state index in [4.69, 9.17) is 9.47 Å². The van der Waals surface area contributed by atoms with E-state index in [1.165, 1.54) is 5.56 Å². The van der Waals surface area contributed by atoms with E-state index in [2.05, 4.69) is 12.1 Å². The summed E-state index contributed by atoms with van der Waals surface area (Å²) in [6, 6.07) is 17.5. The lowest BCUT2D eigenvalue weighted by atomic mass is 9.97. The van der Waals surface area contributed by atoms with Gasteiger partial charge in [0.15, 0.2) is 0 Å². The Hall–Kier alpha value is -2.33. The Morgan fingerprint density at radius 2 is 1.84 bits per heavy atom. The van der Waals surface area contributed by atoms with Crippen LogP contribution >= 0.6 is 0 Å². The Labute approximate surface area is 149 Å². The van der Waals surface area contributed by atoms with Gasteiger partial charge in [0.2, 0.25) is 0 Å². The summed E-state index contributed by atoms with van der Waals surface area (Å²) < 4.78 is 11.2. The summed E-state index contributed by atoms with van der Waals surface area (Å²) in [5, 5.41) is 0. The fraction of sp³-hybridized carbons (Fsp3) is 0.381. The monoisotopic (exact) mass is 339 g/mol. The maximum atomic E-state index is 13.0. The molecule has 1 aliphatic heterocycles. The third kappa shape index (κ3) is 4.02. The van der Waals surface area contributed by atoms with Crippen molar-refractivity contribution in [2.24, 2.45) is 0 Å². The summed E-state index contributed by atoms with van der Waals surface area (Å²) in [4.78, 5) is 15.0. The molecule has 2 aromatic rings. The van der Waals surface area contributed by atoms with Crippen LogP contribution in [0.25, 0.3) is 0 Å². The first kappa shape index (κ1) is 17.5. The van der Waals surface area contributed by atoms with E-state index in [1.807, 2.05) is 61.2 Å². The highest BCUT2D eigenvalue weighted by atomic mass is 16.5. The molecule has 132 valence electrons. The van der Waals surface area contributed by atoms with E-state index in [0.717, 1.165) is 12.2 Å². The molecular weight excluding hydrogens is 314 g/mol. The van der Waals surface area contributed by atoms with Gasteiger partial charge in [-0.05, 0) is 43.7 Å². The highest BCUT2D eigenvalue weighted by Crippen LogP contribution is 2.26.